The molecule has 0 aliphatic heterocycles. The van der Waals surface area contributed by atoms with Crippen LogP contribution < -0.4 is 0 Å². The summed E-state index contributed by atoms with van der Waals surface area (Å²) < 4.78 is 0. The fourth-order valence-corrected chi connectivity index (χ4v) is 5.06. The lowest BCUT2D eigenvalue weighted by molar-refractivity contribution is 0.235. The van der Waals surface area contributed by atoms with Gasteiger partial charge in [0.05, 0.1) is 0 Å². The Labute approximate surface area is 174 Å². The van der Waals surface area contributed by atoms with E-state index in [-0.39, 0.29) is 7.43 Å². The molecule has 0 bridgehead atoms. The van der Waals surface area contributed by atoms with Crippen molar-refractivity contribution in [1.29, 1.82) is 0 Å². The van der Waals surface area contributed by atoms with Crippen LogP contribution in [0.15, 0.2) is 0 Å². The molecule has 0 nitrogen and oxygen atoms in total. The molecule has 0 aromatic carbocycles. The van der Waals surface area contributed by atoms with Crippen LogP contribution in [0.4, 0.5) is 0 Å². The second kappa shape index (κ2) is 20.7. The molecule has 2 unspecified atom stereocenters. The van der Waals surface area contributed by atoms with Gasteiger partial charge in [-0.1, -0.05) is 149 Å². The van der Waals surface area contributed by atoms with E-state index in [1.54, 1.807) is 32.1 Å². The number of hydrogen-bond donors (Lipinski definition) is 0. The Bertz CT molecular complexity index is 243. The summed E-state index contributed by atoms with van der Waals surface area (Å²) in [7, 11) is 0. The predicted octanol–water partition coefficient (Wildman–Crippen LogP) is 10.1. The maximum Gasteiger partial charge on any atom is -0.0312 e. The van der Waals surface area contributed by atoms with E-state index in [4.69, 9.17) is 0 Å². The van der Waals surface area contributed by atoms with Crippen LogP contribution in [0.5, 0.6) is 0 Å². The summed E-state index contributed by atoms with van der Waals surface area (Å²) in [5.41, 5.74) is 0. The van der Waals surface area contributed by atoms with E-state index >= 15 is 0 Å². The predicted molar refractivity (Wildman–Crippen MR) is 124 cm³/mol. The number of hydrogen-bond acceptors (Lipinski definition) is 0. The quantitative estimate of drug-likeness (QED) is 0.208. The van der Waals surface area contributed by atoms with Gasteiger partial charge < -0.3 is 0 Å². The molecule has 3 radical (unpaired) electrons. The van der Waals surface area contributed by atoms with Crippen molar-refractivity contribution in [3.05, 3.63) is 7.43 Å². The Balaban J connectivity index is 0.00000676. The first-order chi connectivity index (χ1) is 12.9. The standard InChI is InChI=1S/C26H52.CH/c1-3-5-7-9-11-13-15-17-20-25-22-19-23-26(24-25)21-18-16-14-12-10-8-6-4-2;/h25-26H,3-24H2,1-2H3;1H. The molecule has 1 aliphatic rings. The molecule has 27 heavy (non-hydrogen) atoms. The van der Waals surface area contributed by atoms with Crippen LogP contribution in [0.3, 0.4) is 0 Å². The highest BCUT2D eigenvalue weighted by molar-refractivity contribution is 4.73. The van der Waals surface area contributed by atoms with Crippen molar-refractivity contribution in [3.63, 3.8) is 0 Å². The average molecular weight is 378 g/mol. The zero-order valence-electron chi connectivity index (χ0n) is 19.3. The average Bonchev–Trinajstić information content (AvgIpc) is 2.66. The number of unbranched alkanes of at least 4 members (excludes halogenated alkanes) is 14. The van der Waals surface area contributed by atoms with E-state index in [1.807, 2.05) is 0 Å². The molecule has 0 heteroatoms. The van der Waals surface area contributed by atoms with Gasteiger partial charge in [-0.05, 0) is 25.7 Å². The highest BCUT2D eigenvalue weighted by Crippen LogP contribution is 2.35. The minimum Gasteiger partial charge on any atom is -0.0654 e. The summed E-state index contributed by atoms with van der Waals surface area (Å²) in [6, 6.07) is 0. The molecule has 0 heterocycles. The van der Waals surface area contributed by atoms with Crippen LogP contribution in [0.25, 0.3) is 0 Å². The van der Waals surface area contributed by atoms with E-state index in [9.17, 15) is 0 Å². The smallest absolute Gasteiger partial charge is 0.0312 e. The highest BCUT2D eigenvalue weighted by atomic mass is 14.3. The summed E-state index contributed by atoms with van der Waals surface area (Å²) in [4.78, 5) is 0. The molecule has 0 amide bonds. The Hall–Kier alpha value is 0. The first kappa shape index (κ1) is 27.0. The van der Waals surface area contributed by atoms with Gasteiger partial charge in [0.25, 0.3) is 0 Å². The van der Waals surface area contributed by atoms with E-state index in [2.05, 4.69) is 13.8 Å². The summed E-state index contributed by atoms with van der Waals surface area (Å²) in [6.45, 7) is 4.62. The van der Waals surface area contributed by atoms with Crippen molar-refractivity contribution < 1.29 is 0 Å². The summed E-state index contributed by atoms with van der Waals surface area (Å²) in [6.07, 6.45) is 32.9. The third kappa shape index (κ3) is 16.6. The van der Waals surface area contributed by atoms with E-state index in [1.165, 1.54) is 109 Å². The molecule has 2 atom stereocenters. The monoisotopic (exact) mass is 377 g/mol. The summed E-state index contributed by atoms with van der Waals surface area (Å²) >= 11 is 0. The Morgan fingerprint density at radius 1 is 0.481 bits per heavy atom. The zero-order valence-corrected chi connectivity index (χ0v) is 19.3. The molecule has 1 fully saturated rings. The minimum atomic E-state index is 0. The van der Waals surface area contributed by atoms with Gasteiger partial charge in [0.15, 0.2) is 0 Å². The van der Waals surface area contributed by atoms with Crippen LogP contribution in [-0.2, 0) is 0 Å². The summed E-state index contributed by atoms with van der Waals surface area (Å²) in [5.74, 6) is 2.17. The molecule has 0 N–H and O–H groups in total. The van der Waals surface area contributed by atoms with Gasteiger partial charge in [-0.15, -0.1) is 0 Å². The lowest BCUT2D eigenvalue weighted by Gasteiger charge is -2.29. The van der Waals surface area contributed by atoms with Gasteiger partial charge in [-0.2, -0.15) is 0 Å². The second-order valence-electron chi connectivity index (χ2n) is 9.43. The maximum absolute atomic E-state index is 2.31. The molecular weight excluding hydrogens is 324 g/mol. The SMILES string of the molecule is CCCCCCCCCCC1CCCC(CCCCCCCCCC)C1.[CH]. The van der Waals surface area contributed by atoms with Crippen molar-refractivity contribution in [2.24, 2.45) is 11.8 Å². The molecular formula is C27H53. The molecule has 161 valence electrons. The van der Waals surface area contributed by atoms with Gasteiger partial charge in [-0.25, -0.2) is 0 Å². The topological polar surface area (TPSA) is 0 Å². The summed E-state index contributed by atoms with van der Waals surface area (Å²) in [5, 5.41) is 0. The lowest BCUT2D eigenvalue weighted by Crippen LogP contribution is -2.15. The highest BCUT2D eigenvalue weighted by Gasteiger charge is 2.21. The first-order valence-corrected chi connectivity index (χ1v) is 12.9. The molecule has 1 saturated carbocycles. The van der Waals surface area contributed by atoms with Gasteiger partial charge in [-0.3, -0.25) is 0 Å². The lowest BCUT2D eigenvalue weighted by atomic mass is 9.77. The third-order valence-electron chi connectivity index (χ3n) is 6.82. The molecule has 0 aromatic rings. The largest absolute Gasteiger partial charge is 0.0654 e. The Morgan fingerprint density at radius 3 is 1.19 bits per heavy atom. The van der Waals surface area contributed by atoms with Crippen molar-refractivity contribution in [2.45, 2.75) is 155 Å². The minimum absolute atomic E-state index is 0. The van der Waals surface area contributed by atoms with E-state index in [0.29, 0.717) is 0 Å². The normalized spacial score (nSPS) is 19.8. The third-order valence-corrected chi connectivity index (χ3v) is 6.82. The fraction of sp³-hybridized carbons (Fsp3) is 0.963. The molecule has 0 saturated heterocycles. The number of rotatable bonds is 18. The van der Waals surface area contributed by atoms with Gasteiger partial charge in [0, 0.05) is 0 Å². The van der Waals surface area contributed by atoms with Gasteiger partial charge in [0.2, 0.25) is 0 Å². The second-order valence-corrected chi connectivity index (χ2v) is 9.43. The zero-order chi connectivity index (χ0) is 18.7. The van der Waals surface area contributed by atoms with E-state index < -0.39 is 0 Å². The van der Waals surface area contributed by atoms with Crippen molar-refractivity contribution in [3.8, 4) is 0 Å². The fourth-order valence-electron chi connectivity index (χ4n) is 5.06. The van der Waals surface area contributed by atoms with E-state index in [0.717, 1.165) is 11.8 Å². The first-order valence-electron chi connectivity index (χ1n) is 12.9. The maximum atomic E-state index is 2.31. The molecule has 0 spiro atoms. The molecule has 1 aliphatic carbocycles. The Morgan fingerprint density at radius 2 is 0.815 bits per heavy atom. The van der Waals surface area contributed by atoms with Crippen LogP contribution in [0, 0.1) is 19.3 Å². The van der Waals surface area contributed by atoms with Gasteiger partial charge in [0.1, 0.15) is 0 Å². The molecule has 0 aromatic heterocycles. The van der Waals surface area contributed by atoms with Crippen LogP contribution in [0.1, 0.15) is 155 Å². The van der Waals surface area contributed by atoms with Gasteiger partial charge >= 0.3 is 0 Å². The Kier molecular flexibility index (Phi) is 20.7. The van der Waals surface area contributed by atoms with Crippen LogP contribution in [0.2, 0.25) is 0 Å². The van der Waals surface area contributed by atoms with Crippen molar-refractivity contribution in [2.75, 3.05) is 0 Å². The van der Waals surface area contributed by atoms with Crippen LogP contribution >= 0.6 is 0 Å². The van der Waals surface area contributed by atoms with Crippen LogP contribution in [-0.4, -0.2) is 0 Å². The van der Waals surface area contributed by atoms with Crippen molar-refractivity contribution >= 4 is 0 Å². The van der Waals surface area contributed by atoms with Crippen molar-refractivity contribution in [1.82, 2.24) is 0 Å². The molecule has 1 rings (SSSR count).